The van der Waals surface area contributed by atoms with Gasteiger partial charge in [0.25, 0.3) is 0 Å². The van der Waals surface area contributed by atoms with Crippen LogP contribution in [0.4, 0.5) is 0 Å². The molecule has 82 valence electrons. The third-order valence-electron chi connectivity index (χ3n) is 3.09. The van der Waals surface area contributed by atoms with Crippen LogP contribution in [0, 0.1) is 0 Å². The van der Waals surface area contributed by atoms with E-state index in [1.807, 2.05) is 0 Å². The first kappa shape index (κ1) is 11.1. The molecule has 1 aliphatic carbocycles. The summed E-state index contributed by atoms with van der Waals surface area (Å²) < 4.78 is 5.82. The zero-order valence-corrected chi connectivity index (χ0v) is 10.3. The Kier molecular flexibility index (Phi) is 4.17. The van der Waals surface area contributed by atoms with Crippen LogP contribution >= 0.6 is 8.58 Å². The van der Waals surface area contributed by atoms with Crippen molar-refractivity contribution in [3.8, 4) is 0 Å². The summed E-state index contributed by atoms with van der Waals surface area (Å²) in [6, 6.07) is 10.6. The molecule has 1 aromatic carbocycles. The van der Waals surface area contributed by atoms with Crippen molar-refractivity contribution in [3.05, 3.63) is 35.9 Å². The maximum absolute atomic E-state index is 5.82. The van der Waals surface area contributed by atoms with Crippen molar-refractivity contribution in [1.29, 1.82) is 0 Å². The van der Waals surface area contributed by atoms with Crippen molar-refractivity contribution in [3.63, 3.8) is 0 Å². The summed E-state index contributed by atoms with van der Waals surface area (Å²) in [5.74, 6) is 0. The van der Waals surface area contributed by atoms with Crippen LogP contribution in [0.15, 0.2) is 30.3 Å². The van der Waals surface area contributed by atoms with Crippen LogP contribution < -0.4 is 0 Å². The molecule has 1 unspecified atom stereocenters. The highest BCUT2D eigenvalue weighted by Gasteiger charge is 2.27. The lowest BCUT2D eigenvalue weighted by molar-refractivity contribution is 0.00743. The van der Waals surface area contributed by atoms with Gasteiger partial charge in [-0.15, -0.1) is 8.58 Å². The molecular formula is C13H19OP. The summed E-state index contributed by atoms with van der Waals surface area (Å²) in [6.45, 7) is 3.18. The first-order chi connectivity index (χ1) is 7.38. The molecule has 1 saturated carbocycles. The fourth-order valence-corrected chi connectivity index (χ4v) is 2.92. The molecule has 0 aliphatic heterocycles. The van der Waals surface area contributed by atoms with Gasteiger partial charge in [-0.1, -0.05) is 30.3 Å². The molecule has 0 saturated heterocycles. The molecule has 0 bridgehead atoms. The van der Waals surface area contributed by atoms with E-state index < -0.39 is 0 Å². The van der Waals surface area contributed by atoms with Crippen LogP contribution in [0.1, 0.15) is 18.4 Å². The number of ether oxygens (including phenoxy) is 1. The van der Waals surface area contributed by atoms with E-state index in [0.29, 0.717) is 6.10 Å². The van der Waals surface area contributed by atoms with Crippen LogP contribution in [-0.2, 0) is 11.2 Å². The van der Waals surface area contributed by atoms with E-state index in [-0.39, 0.29) is 0 Å². The average molecular weight is 222 g/mol. The molecule has 2 heteroatoms. The van der Waals surface area contributed by atoms with Gasteiger partial charge in [0, 0.05) is 0 Å². The summed E-state index contributed by atoms with van der Waals surface area (Å²) >= 11 is 0. The minimum Gasteiger partial charge on any atom is -0.378 e. The van der Waals surface area contributed by atoms with E-state index in [0.717, 1.165) is 27.3 Å². The van der Waals surface area contributed by atoms with Gasteiger partial charge in [-0.25, -0.2) is 0 Å². The Morgan fingerprint density at radius 3 is 2.67 bits per heavy atom. The minimum absolute atomic E-state index is 0.561. The Morgan fingerprint density at radius 2 is 2.00 bits per heavy atom. The number of rotatable bonds is 5. The summed E-state index contributed by atoms with van der Waals surface area (Å²) in [4.78, 5) is 0. The van der Waals surface area contributed by atoms with Crippen molar-refractivity contribution in [2.24, 2.45) is 0 Å². The van der Waals surface area contributed by atoms with Crippen molar-refractivity contribution >= 4 is 8.58 Å². The summed E-state index contributed by atoms with van der Waals surface area (Å²) in [7, 11) is 1.10. The smallest absolute Gasteiger partial charge is 0.0587 e. The van der Waals surface area contributed by atoms with Crippen molar-refractivity contribution in [1.82, 2.24) is 0 Å². The fourth-order valence-electron chi connectivity index (χ4n) is 1.93. The molecule has 0 aromatic heterocycles. The van der Waals surface area contributed by atoms with E-state index >= 15 is 0 Å². The van der Waals surface area contributed by atoms with Crippen LogP contribution in [0.5, 0.6) is 0 Å². The Balaban J connectivity index is 1.60. The topological polar surface area (TPSA) is 9.23 Å². The maximum Gasteiger partial charge on any atom is 0.0587 e. The summed E-state index contributed by atoms with van der Waals surface area (Å²) in [6.07, 6.45) is 4.20. The second-order valence-corrected chi connectivity index (χ2v) is 5.58. The predicted octanol–water partition coefficient (Wildman–Crippen LogP) is 3.09. The molecule has 1 aromatic rings. The highest BCUT2D eigenvalue weighted by Crippen LogP contribution is 2.35. The number of benzene rings is 1. The number of hydrogen-bond donors (Lipinski definition) is 0. The summed E-state index contributed by atoms with van der Waals surface area (Å²) in [5, 5.41) is 0. The molecular weight excluding hydrogens is 203 g/mol. The van der Waals surface area contributed by atoms with Crippen molar-refractivity contribution in [2.45, 2.75) is 31.0 Å². The number of hydrogen-bond acceptors (Lipinski definition) is 1. The Labute approximate surface area is 94.0 Å². The van der Waals surface area contributed by atoms with Crippen molar-refractivity contribution < 1.29 is 4.74 Å². The molecule has 0 radical (unpaired) electrons. The summed E-state index contributed by atoms with van der Waals surface area (Å²) in [5.41, 5.74) is 2.34. The van der Waals surface area contributed by atoms with E-state index in [2.05, 4.69) is 37.0 Å². The SMILES string of the molecule is CPC1CC(OCCc2ccccc2)C1. The molecule has 15 heavy (non-hydrogen) atoms. The predicted molar refractivity (Wildman–Crippen MR) is 67.1 cm³/mol. The molecule has 2 rings (SSSR count). The molecule has 0 heterocycles. The van der Waals surface area contributed by atoms with Crippen molar-refractivity contribution in [2.75, 3.05) is 13.3 Å². The highest BCUT2D eigenvalue weighted by molar-refractivity contribution is 7.38. The zero-order valence-electron chi connectivity index (χ0n) is 9.28. The molecule has 0 spiro atoms. The Hall–Kier alpha value is -0.390. The van der Waals surface area contributed by atoms with Gasteiger partial charge < -0.3 is 4.74 Å². The lowest BCUT2D eigenvalue weighted by atomic mass is 9.95. The van der Waals surface area contributed by atoms with E-state index in [1.54, 1.807) is 0 Å². The monoisotopic (exact) mass is 222 g/mol. The third-order valence-corrected chi connectivity index (χ3v) is 4.38. The van der Waals surface area contributed by atoms with Crippen LogP contribution in [0.25, 0.3) is 0 Å². The second-order valence-electron chi connectivity index (χ2n) is 4.19. The third kappa shape index (κ3) is 3.29. The second kappa shape index (κ2) is 5.63. The van der Waals surface area contributed by atoms with Crippen LogP contribution in [0.2, 0.25) is 0 Å². The van der Waals surface area contributed by atoms with Gasteiger partial charge in [0.15, 0.2) is 0 Å². The van der Waals surface area contributed by atoms with Gasteiger partial charge in [0.2, 0.25) is 0 Å². The van der Waals surface area contributed by atoms with Gasteiger partial charge in [-0.2, -0.15) is 0 Å². The standard InChI is InChI=1S/C13H19OP/c1-15-13-9-12(10-13)14-8-7-11-5-3-2-4-6-11/h2-6,12-13,15H,7-10H2,1H3. The van der Waals surface area contributed by atoms with Crippen LogP contribution in [-0.4, -0.2) is 25.0 Å². The minimum atomic E-state index is 0.561. The van der Waals surface area contributed by atoms with E-state index in [4.69, 9.17) is 4.74 Å². The highest BCUT2D eigenvalue weighted by atomic mass is 31.1. The fraction of sp³-hybridized carbons (Fsp3) is 0.538. The van der Waals surface area contributed by atoms with E-state index in [1.165, 1.54) is 18.4 Å². The van der Waals surface area contributed by atoms with Gasteiger partial charge in [0.05, 0.1) is 12.7 Å². The van der Waals surface area contributed by atoms with E-state index in [9.17, 15) is 0 Å². The van der Waals surface area contributed by atoms with Gasteiger partial charge in [-0.05, 0) is 37.1 Å². The molecule has 1 atom stereocenters. The molecule has 1 aliphatic rings. The largest absolute Gasteiger partial charge is 0.378 e. The van der Waals surface area contributed by atoms with Gasteiger partial charge in [-0.3, -0.25) is 0 Å². The molecule has 1 fully saturated rings. The quantitative estimate of drug-likeness (QED) is 0.696. The Bertz CT molecular complexity index is 280. The average Bonchev–Trinajstić information content (AvgIpc) is 2.23. The zero-order chi connectivity index (χ0) is 10.5. The first-order valence-corrected chi connectivity index (χ1v) is 7.29. The lowest BCUT2D eigenvalue weighted by Gasteiger charge is -2.34. The molecule has 1 nitrogen and oxygen atoms in total. The first-order valence-electron chi connectivity index (χ1n) is 5.71. The Morgan fingerprint density at radius 1 is 1.27 bits per heavy atom. The van der Waals surface area contributed by atoms with Crippen LogP contribution in [0.3, 0.4) is 0 Å². The van der Waals surface area contributed by atoms with Gasteiger partial charge in [0.1, 0.15) is 0 Å². The normalized spacial score (nSPS) is 25.7. The van der Waals surface area contributed by atoms with Gasteiger partial charge >= 0.3 is 0 Å². The maximum atomic E-state index is 5.82. The molecule has 0 amide bonds. The molecule has 0 N–H and O–H groups in total. The lowest BCUT2D eigenvalue weighted by Crippen LogP contribution is -2.33.